The maximum atomic E-state index is 12.1. The lowest BCUT2D eigenvalue weighted by Gasteiger charge is -2.05. The number of aryl methyl sites for hydroxylation is 1. The van der Waals surface area contributed by atoms with Gasteiger partial charge in [-0.15, -0.1) is 11.3 Å². The number of ketones is 1. The molecule has 0 bridgehead atoms. The Labute approximate surface area is 116 Å². The lowest BCUT2D eigenvalue weighted by molar-refractivity contribution is 0.0977. The number of nitrogens with zero attached hydrogens (tertiary/aromatic N) is 3. The molecule has 0 saturated heterocycles. The fourth-order valence-electron chi connectivity index (χ4n) is 2.01. The minimum absolute atomic E-state index is 0.0355. The molecule has 0 saturated carbocycles. The second-order valence-corrected chi connectivity index (χ2v) is 5.21. The number of carbonyl (C=O) groups is 1. The summed E-state index contributed by atoms with van der Waals surface area (Å²) in [6, 6.07) is 3.53. The van der Waals surface area contributed by atoms with E-state index in [0.29, 0.717) is 10.5 Å². The molecule has 20 heavy (non-hydrogen) atoms. The SMILES string of the molecule is Cn1c(=O)[nH]c(=O)c2ncn(CC(=O)c3cccs3)c21. The molecule has 0 atom stereocenters. The fourth-order valence-corrected chi connectivity index (χ4v) is 2.67. The molecule has 1 N–H and O–H groups in total. The topological polar surface area (TPSA) is 89.8 Å². The molecule has 0 aromatic carbocycles. The first-order valence-electron chi connectivity index (χ1n) is 5.79. The highest BCUT2D eigenvalue weighted by Crippen LogP contribution is 2.12. The summed E-state index contributed by atoms with van der Waals surface area (Å²) in [5, 5.41) is 1.82. The number of nitrogens with one attached hydrogen (secondary N) is 1. The summed E-state index contributed by atoms with van der Waals surface area (Å²) in [4.78, 5) is 42.1. The maximum Gasteiger partial charge on any atom is 0.329 e. The Balaban J connectivity index is 2.12. The summed E-state index contributed by atoms with van der Waals surface area (Å²) in [5.41, 5.74) is -0.604. The van der Waals surface area contributed by atoms with Crippen molar-refractivity contribution in [2.45, 2.75) is 6.54 Å². The Kier molecular flexibility index (Phi) is 2.87. The van der Waals surface area contributed by atoms with Gasteiger partial charge in [-0.2, -0.15) is 0 Å². The summed E-state index contributed by atoms with van der Waals surface area (Å²) >= 11 is 1.35. The predicted molar refractivity (Wildman–Crippen MR) is 74.2 cm³/mol. The van der Waals surface area contributed by atoms with Crippen LogP contribution >= 0.6 is 11.3 Å². The standard InChI is InChI=1S/C12H10N4O3S/c1-15-11-9(10(18)14-12(15)19)13-6-16(11)5-7(17)8-3-2-4-20-8/h2-4,6H,5H2,1H3,(H,14,18,19). The number of H-pyrrole nitrogens is 1. The highest BCUT2D eigenvalue weighted by molar-refractivity contribution is 7.12. The summed E-state index contributed by atoms with van der Waals surface area (Å²) in [7, 11) is 1.52. The number of thiophene rings is 1. The van der Waals surface area contributed by atoms with E-state index in [2.05, 4.69) is 9.97 Å². The number of fused-ring (bicyclic) bond motifs is 1. The van der Waals surface area contributed by atoms with Gasteiger partial charge in [0.1, 0.15) is 5.65 Å². The van der Waals surface area contributed by atoms with Crippen molar-refractivity contribution >= 4 is 28.3 Å². The molecule has 3 heterocycles. The molecular weight excluding hydrogens is 280 g/mol. The molecule has 0 fully saturated rings. The van der Waals surface area contributed by atoms with Gasteiger partial charge >= 0.3 is 5.69 Å². The van der Waals surface area contributed by atoms with E-state index in [1.54, 1.807) is 12.1 Å². The van der Waals surface area contributed by atoms with Gasteiger partial charge in [-0.05, 0) is 11.4 Å². The molecule has 8 heteroatoms. The number of carbonyl (C=O) groups excluding carboxylic acids is 1. The van der Waals surface area contributed by atoms with Gasteiger partial charge in [-0.3, -0.25) is 19.1 Å². The predicted octanol–water partition coefficient (Wildman–Crippen LogP) is 0.368. The number of aromatic nitrogens is 4. The Morgan fingerprint density at radius 3 is 2.95 bits per heavy atom. The maximum absolute atomic E-state index is 12.1. The number of hydrogen-bond acceptors (Lipinski definition) is 5. The van der Waals surface area contributed by atoms with Gasteiger partial charge in [-0.25, -0.2) is 9.78 Å². The van der Waals surface area contributed by atoms with Crippen LogP contribution in [-0.4, -0.2) is 24.9 Å². The Morgan fingerprint density at radius 2 is 2.25 bits per heavy atom. The molecule has 0 spiro atoms. The van der Waals surface area contributed by atoms with Gasteiger partial charge in [0.25, 0.3) is 5.56 Å². The summed E-state index contributed by atoms with van der Waals surface area (Å²) in [6.45, 7) is 0.0355. The van der Waals surface area contributed by atoms with Crippen LogP contribution in [0.2, 0.25) is 0 Å². The van der Waals surface area contributed by atoms with E-state index in [0.717, 1.165) is 0 Å². The fraction of sp³-hybridized carbons (Fsp3) is 0.167. The molecular formula is C12H10N4O3S. The van der Waals surface area contributed by atoms with Gasteiger partial charge in [-0.1, -0.05) is 6.07 Å². The second kappa shape index (κ2) is 4.57. The first-order valence-corrected chi connectivity index (χ1v) is 6.67. The third-order valence-electron chi connectivity index (χ3n) is 2.98. The zero-order valence-corrected chi connectivity index (χ0v) is 11.3. The Bertz CT molecular complexity index is 901. The van der Waals surface area contributed by atoms with Crippen LogP contribution in [0.3, 0.4) is 0 Å². The monoisotopic (exact) mass is 290 g/mol. The highest BCUT2D eigenvalue weighted by Gasteiger charge is 2.14. The molecule has 0 aliphatic carbocycles. The van der Waals surface area contributed by atoms with Crippen LogP contribution < -0.4 is 11.2 Å². The summed E-state index contributed by atoms with van der Waals surface area (Å²) in [5.74, 6) is -0.0907. The second-order valence-electron chi connectivity index (χ2n) is 4.26. The molecule has 0 radical (unpaired) electrons. The molecule has 3 aromatic heterocycles. The zero-order valence-electron chi connectivity index (χ0n) is 10.5. The molecule has 3 aromatic rings. The van der Waals surface area contributed by atoms with Crippen LogP contribution in [0.5, 0.6) is 0 Å². The lowest BCUT2D eigenvalue weighted by atomic mass is 10.3. The van der Waals surface area contributed by atoms with Crippen LogP contribution in [0.25, 0.3) is 11.2 Å². The van der Waals surface area contributed by atoms with Gasteiger partial charge in [0.2, 0.25) is 0 Å². The van der Waals surface area contributed by atoms with Crippen LogP contribution in [0.1, 0.15) is 9.67 Å². The van der Waals surface area contributed by atoms with Gasteiger partial charge in [0.05, 0.1) is 17.7 Å². The average molecular weight is 290 g/mol. The number of rotatable bonds is 3. The van der Waals surface area contributed by atoms with Crippen molar-refractivity contribution in [3.05, 3.63) is 49.6 Å². The van der Waals surface area contributed by atoms with Crippen molar-refractivity contribution < 1.29 is 4.79 Å². The van der Waals surface area contributed by atoms with Crippen LogP contribution in [0.15, 0.2) is 33.4 Å². The van der Waals surface area contributed by atoms with Crippen molar-refractivity contribution in [3.8, 4) is 0 Å². The number of Topliss-reactive ketones (excluding diaryl/α,β-unsaturated/α-hetero) is 1. The van der Waals surface area contributed by atoms with Crippen molar-refractivity contribution in [2.24, 2.45) is 7.05 Å². The highest BCUT2D eigenvalue weighted by atomic mass is 32.1. The zero-order chi connectivity index (χ0) is 14.3. The molecule has 0 aliphatic rings. The largest absolute Gasteiger partial charge is 0.329 e. The molecule has 0 amide bonds. The molecule has 102 valence electrons. The van der Waals surface area contributed by atoms with E-state index < -0.39 is 11.2 Å². The number of hydrogen-bond donors (Lipinski definition) is 1. The number of imidazole rings is 1. The van der Waals surface area contributed by atoms with Crippen molar-refractivity contribution in [2.75, 3.05) is 0 Å². The molecule has 0 aliphatic heterocycles. The molecule has 7 nitrogen and oxygen atoms in total. The molecule has 3 rings (SSSR count). The number of aromatic amines is 1. The van der Waals surface area contributed by atoms with Crippen molar-refractivity contribution in [1.29, 1.82) is 0 Å². The smallest absolute Gasteiger partial charge is 0.308 e. The minimum atomic E-state index is -0.551. The lowest BCUT2D eigenvalue weighted by Crippen LogP contribution is -2.29. The van der Waals surface area contributed by atoms with Crippen LogP contribution in [0, 0.1) is 0 Å². The van der Waals surface area contributed by atoms with Gasteiger partial charge in [0, 0.05) is 7.05 Å². The van der Waals surface area contributed by atoms with E-state index >= 15 is 0 Å². The Hall–Kier alpha value is -2.48. The van der Waals surface area contributed by atoms with Crippen LogP contribution in [0.4, 0.5) is 0 Å². The normalized spacial score (nSPS) is 11.1. The van der Waals surface area contributed by atoms with E-state index in [-0.39, 0.29) is 17.8 Å². The van der Waals surface area contributed by atoms with Crippen molar-refractivity contribution in [3.63, 3.8) is 0 Å². The average Bonchev–Trinajstić information content (AvgIpc) is 3.05. The van der Waals surface area contributed by atoms with E-state index in [4.69, 9.17) is 0 Å². The summed E-state index contributed by atoms with van der Waals surface area (Å²) in [6.07, 6.45) is 1.39. The first kappa shape index (κ1) is 12.5. The third-order valence-corrected chi connectivity index (χ3v) is 3.89. The summed E-state index contributed by atoms with van der Waals surface area (Å²) < 4.78 is 2.78. The quantitative estimate of drug-likeness (QED) is 0.706. The first-order chi connectivity index (χ1) is 9.58. The Morgan fingerprint density at radius 1 is 1.45 bits per heavy atom. The van der Waals surface area contributed by atoms with E-state index in [9.17, 15) is 14.4 Å². The van der Waals surface area contributed by atoms with Crippen LogP contribution in [-0.2, 0) is 13.6 Å². The van der Waals surface area contributed by atoms with Crippen molar-refractivity contribution in [1.82, 2.24) is 19.1 Å². The van der Waals surface area contributed by atoms with E-state index in [1.807, 2.05) is 5.38 Å². The third kappa shape index (κ3) is 1.90. The van der Waals surface area contributed by atoms with Gasteiger partial charge < -0.3 is 4.57 Å². The van der Waals surface area contributed by atoms with E-state index in [1.165, 1.54) is 33.8 Å². The molecule has 0 unspecified atom stereocenters. The van der Waals surface area contributed by atoms with Gasteiger partial charge in [0.15, 0.2) is 11.3 Å². The minimum Gasteiger partial charge on any atom is -0.308 e.